The van der Waals surface area contributed by atoms with Crippen molar-refractivity contribution < 1.29 is 4.79 Å². The Morgan fingerprint density at radius 2 is 1.92 bits per heavy atom. The average molecular weight is 344 g/mol. The number of carbonyl (C=O) groups excluding carboxylic acids is 1. The Labute approximate surface area is 152 Å². The molecular weight excluding hydrogens is 310 g/mol. The predicted molar refractivity (Wildman–Crippen MR) is 103 cm³/mol. The van der Waals surface area contributed by atoms with Crippen molar-refractivity contribution in [2.75, 3.05) is 47.3 Å². The molecule has 1 aromatic rings. The zero-order chi connectivity index (χ0) is 18.0. The molecule has 0 unspecified atom stereocenters. The van der Waals surface area contributed by atoms with Crippen LogP contribution in [0.3, 0.4) is 0 Å². The number of hydrogen-bond acceptors (Lipinski definition) is 3. The van der Waals surface area contributed by atoms with Crippen LogP contribution in [-0.4, -0.2) is 74.0 Å². The van der Waals surface area contributed by atoms with E-state index in [1.54, 1.807) is 0 Å². The maximum atomic E-state index is 13.3. The highest BCUT2D eigenvalue weighted by molar-refractivity contribution is 5.83. The minimum absolute atomic E-state index is 0.198. The van der Waals surface area contributed by atoms with Gasteiger partial charge < -0.3 is 14.7 Å². The van der Waals surface area contributed by atoms with Crippen LogP contribution in [0.4, 0.5) is 0 Å². The molecule has 1 aliphatic heterocycles. The molecule has 0 aromatic heterocycles. The molecule has 1 aliphatic carbocycles. The minimum Gasteiger partial charge on any atom is -0.338 e. The number of likely N-dealkylation sites (tertiary alicyclic amines) is 1. The summed E-state index contributed by atoms with van der Waals surface area (Å²) in [5.74, 6) is 1.02. The monoisotopic (exact) mass is 343 g/mol. The van der Waals surface area contributed by atoms with Crippen molar-refractivity contribution in [1.82, 2.24) is 14.7 Å². The van der Waals surface area contributed by atoms with Gasteiger partial charge in [-0.1, -0.05) is 29.8 Å². The van der Waals surface area contributed by atoms with Crippen LogP contribution >= 0.6 is 0 Å². The van der Waals surface area contributed by atoms with Crippen molar-refractivity contribution in [1.29, 1.82) is 0 Å². The van der Waals surface area contributed by atoms with E-state index in [1.807, 2.05) is 0 Å². The van der Waals surface area contributed by atoms with E-state index in [9.17, 15) is 4.79 Å². The van der Waals surface area contributed by atoms with Gasteiger partial charge in [-0.3, -0.25) is 4.79 Å². The lowest BCUT2D eigenvalue weighted by Gasteiger charge is -2.38. The van der Waals surface area contributed by atoms with Gasteiger partial charge in [-0.2, -0.15) is 0 Å². The third kappa shape index (κ3) is 4.62. The first kappa shape index (κ1) is 18.4. The van der Waals surface area contributed by atoms with E-state index >= 15 is 0 Å². The summed E-state index contributed by atoms with van der Waals surface area (Å²) >= 11 is 0. The maximum Gasteiger partial charge on any atom is 0.226 e. The van der Waals surface area contributed by atoms with E-state index in [2.05, 4.69) is 67.0 Å². The SMILES string of the molecule is Cc1cccc([C@H]2C[C@@H]2C(=O)N(CCN(C)C)C2CCN(C)CC2)c1. The summed E-state index contributed by atoms with van der Waals surface area (Å²) in [5.41, 5.74) is 2.63. The first-order valence-electron chi connectivity index (χ1n) is 9.66. The second-order valence-corrected chi connectivity index (χ2v) is 8.23. The zero-order valence-corrected chi connectivity index (χ0v) is 16.2. The predicted octanol–water partition coefficient (Wildman–Crippen LogP) is 2.58. The fraction of sp³-hybridized carbons (Fsp3) is 0.667. The molecule has 4 heteroatoms. The van der Waals surface area contributed by atoms with E-state index in [4.69, 9.17) is 0 Å². The molecule has 25 heavy (non-hydrogen) atoms. The summed E-state index contributed by atoms with van der Waals surface area (Å²) in [7, 11) is 6.35. The molecule has 2 fully saturated rings. The first-order chi connectivity index (χ1) is 12.0. The number of likely N-dealkylation sites (N-methyl/N-ethyl adjacent to an activating group) is 1. The largest absolute Gasteiger partial charge is 0.338 e. The van der Waals surface area contributed by atoms with Crippen LogP contribution in [-0.2, 0) is 4.79 Å². The quantitative estimate of drug-likeness (QED) is 0.794. The average Bonchev–Trinajstić information content (AvgIpc) is 3.37. The molecule has 1 aromatic carbocycles. The van der Waals surface area contributed by atoms with E-state index in [1.165, 1.54) is 11.1 Å². The first-order valence-corrected chi connectivity index (χ1v) is 9.66. The van der Waals surface area contributed by atoms with E-state index < -0.39 is 0 Å². The molecule has 3 rings (SSSR count). The van der Waals surface area contributed by atoms with Gasteiger partial charge in [0.2, 0.25) is 5.91 Å². The van der Waals surface area contributed by atoms with Crippen molar-refractivity contribution in [2.45, 2.75) is 38.1 Å². The van der Waals surface area contributed by atoms with E-state index in [-0.39, 0.29) is 5.92 Å². The van der Waals surface area contributed by atoms with Crippen LogP contribution in [0.2, 0.25) is 0 Å². The lowest BCUT2D eigenvalue weighted by atomic mass is 10.0. The maximum absolute atomic E-state index is 13.3. The second kappa shape index (κ2) is 7.88. The van der Waals surface area contributed by atoms with Crippen LogP contribution in [0, 0.1) is 12.8 Å². The molecule has 1 saturated heterocycles. The number of aryl methyl sites for hydroxylation is 1. The van der Waals surface area contributed by atoms with Crippen LogP contribution in [0.5, 0.6) is 0 Å². The fourth-order valence-electron chi connectivity index (χ4n) is 4.04. The lowest BCUT2D eigenvalue weighted by Crippen LogP contribution is -2.49. The molecule has 0 spiro atoms. The zero-order valence-electron chi connectivity index (χ0n) is 16.2. The Morgan fingerprint density at radius 1 is 1.20 bits per heavy atom. The Morgan fingerprint density at radius 3 is 2.56 bits per heavy atom. The molecule has 138 valence electrons. The summed E-state index contributed by atoms with van der Waals surface area (Å²) in [5, 5.41) is 0. The molecule has 1 amide bonds. The number of amides is 1. The Kier molecular flexibility index (Phi) is 5.80. The highest BCUT2D eigenvalue weighted by atomic mass is 16.2. The van der Waals surface area contributed by atoms with Crippen LogP contribution < -0.4 is 0 Å². The third-order valence-corrected chi connectivity index (χ3v) is 5.78. The molecule has 1 heterocycles. The summed E-state index contributed by atoms with van der Waals surface area (Å²) < 4.78 is 0. The summed E-state index contributed by atoms with van der Waals surface area (Å²) in [4.78, 5) is 20.0. The van der Waals surface area contributed by atoms with Crippen molar-refractivity contribution in [3.8, 4) is 0 Å². The Bertz CT molecular complexity index is 593. The fourth-order valence-corrected chi connectivity index (χ4v) is 4.04. The molecule has 1 saturated carbocycles. The lowest BCUT2D eigenvalue weighted by molar-refractivity contribution is -0.136. The van der Waals surface area contributed by atoms with Gasteiger partial charge in [-0.05, 0) is 71.9 Å². The number of piperidine rings is 1. The summed E-state index contributed by atoms with van der Waals surface area (Å²) in [6.07, 6.45) is 3.24. The van der Waals surface area contributed by atoms with E-state index in [0.717, 1.165) is 45.4 Å². The van der Waals surface area contributed by atoms with Gasteiger partial charge in [0.05, 0.1) is 0 Å². The van der Waals surface area contributed by atoms with Gasteiger partial charge in [-0.25, -0.2) is 0 Å². The van der Waals surface area contributed by atoms with Gasteiger partial charge in [-0.15, -0.1) is 0 Å². The third-order valence-electron chi connectivity index (χ3n) is 5.78. The highest BCUT2D eigenvalue weighted by Gasteiger charge is 2.46. The van der Waals surface area contributed by atoms with Crippen LogP contribution in [0.25, 0.3) is 0 Å². The second-order valence-electron chi connectivity index (χ2n) is 8.23. The van der Waals surface area contributed by atoms with Gasteiger partial charge in [0, 0.05) is 25.0 Å². The Balaban J connectivity index is 1.67. The van der Waals surface area contributed by atoms with E-state index in [0.29, 0.717) is 17.9 Å². The molecule has 0 N–H and O–H groups in total. The van der Waals surface area contributed by atoms with Gasteiger partial charge in [0.15, 0.2) is 0 Å². The number of hydrogen-bond donors (Lipinski definition) is 0. The molecular formula is C21H33N3O. The normalized spacial score (nSPS) is 24.5. The standard InChI is InChI=1S/C21H33N3O/c1-16-6-5-7-17(14-16)19-15-20(19)21(25)24(13-12-22(2)3)18-8-10-23(4)11-9-18/h5-7,14,18-20H,8-13,15H2,1-4H3/t19-,20+/m1/s1. The van der Waals surface area contributed by atoms with Crippen molar-refractivity contribution in [3.63, 3.8) is 0 Å². The smallest absolute Gasteiger partial charge is 0.226 e. The van der Waals surface area contributed by atoms with Crippen molar-refractivity contribution in [3.05, 3.63) is 35.4 Å². The Hall–Kier alpha value is -1.39. The van der Waals surface area contributed by atoms with Crippen LogP contribution in [0.15, 0.2) is 24.3 Å². The van der Waals surface area contributed by atoms with Crippen molar-refractivity contribution in [2.24, 2.45) is 5.92 Å². The highest BCUT2D eigenvalue weighted by Crippen LogP contribution is 2.49. The molecule has 2 atom stereocenters. The van der Waals surface area contributed by atoms with Gasteiger partial charge >= 0.3 is 0 Å². The molecule has 2 aliphatic rings. The number of nitrogens with zero attached hydrogens (tertiary/aromatic N) is 3. The summed E-state index contributed by atoms with van der Waals surface area (Å²) in [6, 6.07) is 9.10. The topological polar surface area (TPSA) is 26.8 Å². The molecule has 4 nitrogen and oxygen atoms in total. The summed E-state index contributed by atoms with van der Waals surface area (Å²) in [6.45, 7) is 6.13. The van der Waals surface area contributed by atoms with Crippen molar-refractivity contribution >= 4 is 5.91 Å². The number of carbonyl (C=O) groups is 1. The number of rotatable bonds is 6. The van der Waals surface area contributed by atoms with Gasteiger partial charge in [0.1, 0.15) is 0 Å². The molecule has 0 bridgehead atoms. The van der Waals surface area contributed by atoms with Crippen LogP contribution in [0.1, 0.15) is 36.3 Å². The molecule has 0 radical (unpaired) electrons. The van der Waals surface area contributed by atoms with Gasteiger partial charge in [0.25, 0.3) is 0 Å². The minimum atomic E-state index is 0.198. The number of benzene rings is 1.